The highest BCUT2D eigenvalue weighted by Crippen LogP contribution is 2.37. The maximum absolute atomic E-state index is 6.42. The van der Waals surface area contributed by atoms with Crippen molar-refractivity contribution in [1.82, 2.24) is 0 Å². The van der Waals surface area contributed by atoms with Crippen molar-refractivity contribution < 1.29 is 4.74 Å². The summed E-state index contributed by atoms with van der Waals surface area (Å²) in [5.41, 5.74) is 8.87. The number of rotatable bonds is 4. The molecule has 1 aromatic carbocycles. The number of benzene rings is 1. The summed E-state index contributed by atoms with van der Waals surface area (Å²) in [5, 5.41) is 0. The van der Waals surface area contributed by atoms with E-state index in [1.807, 2.05) is 6.92 Å². The Balaban J connectivity index is 2.24. The first-order valence-electron chi connectivity index (χ1n) is 6.71. The number of nitrogens with two attached hydrogens (primary N) is 1. The molecule has 0 radical (unpaired) electrons. The Labute approximate surface area is 104 Å². The molecule has 1 fully saturated rings. The van der Waals surface area contributed by atoms with Crippen molar-refractivity contribution >= 4 is 0 Å². The van der Waals surface area contributed by atoms with E-state index in [1.165, 1.54) is 36.8 Å². The van der Waals surface area contributed by atoms with Gasteiger partial charge in [0.25, 0.3) is 0 Å². The van der Waals surface area contributed by atoms with Gasteiger partial charge in [-0.05, 0) is 38.7 Å². The zero-order chi connectivity index (χ0) is 12.3. The monoisotopic (exact) mass is 233 g/mol. The average molecular weight is 233 g/mol. The summed E-state index contributed by atoms with van der Waals surface area (Å²) in [6.45, 7) is 4.83. The minimum absolute atomic E-state index is 0.138. The van der Waals surface area contributed by atoms with Gasteiger partial charge >= 0.3 is 0 Å². The highest BCUT2D eigenvalue weighted by molar-refractivity contribution is 5.39. The molecule has 94 valence electrons. The van der Waals surface area contributed by atoms with Crippen LogP contribution < -0.4 is 10.5 Å². The molecule has 2 N–H and O–H groups in total. The van der Waals surface area contributed by atoms with E-state index in [9.17, 15) is 0 Å². The van der Waals surface area contributed by atoms with E-state index in [2.05, 4.69) is 25.1 Å². The van der Waals surface area contributed by atoms with Gasteiger partial charge < -0.3 is 10.5 Å². The lowest BCUT2D eigenvalue weighted by molar-refractivity contribution is 0.327. The van der Waals surface area contributed by atoms with Crippen LogP contribution in [0.1, 0.15) is 49.8 Å². The molecule has 0 aliphatic heterocycles. The zero-order valence-corrected chi connectivity index (χ0v) is 10.9. The van der Waals surface area contributed by atoms with Crippen molar-refractivity contribution in [3.63, 3.8) is 0 Å². The first-order valence-corrected chi connectivity index (χ1v) is 6.71. The second kappa shape index (κ2) is 5.54. The molecule has 1 unspecified atom stereocenters. The second-order valence-electron chi connectivity index (χ2n) is 5.04. The molecule has 0 spiro atoms. The standard InChI is InChI=1S/C15H23NO/c1-3-17-14-9-8-11(2)10-13(14)15(16)12-6-4-5-7-12/h8-10,12,15H,3-7,16H2,1-2H3. The molecule has 1 aliphatic rings. The fraction of sp³-hybridized carbons (Fsp3) is 0.600. The maximum atomic E-state index is 6.42. The fourth-order valence-corrected chi connectivity index (χ4v) is 2.79. The van der Waals surface area contributed by atoms with Gasteiger partial charge in [0, 0.05) is 11.6 Å². The molecule has 0 amide bonds. The largest absolute Gasteiger partial charge is 0.494 e. The molecule has 1 aromatic rings. The first-order chi connectivity index (χ1) is 8.22. The third kappa shape index (κ3) is 2.81. The van der Waals surface area contributed by atoms with Gasteiger partial charge in [-0.25, -0.2) is 0 Å². The molecule has 0 aromatic heterocycles. The molecule has 1 aliphatic carbocycles. The van der Waals surface area contributed by atoms with E-state index in [0.29, 0.717) is 12.5 Å². The van der Waals surface area contributed by atoms with Crippen LogP contribution >= 0.6 is 0 Å². The van der Waals surface area contributed by atoms with Crippen molar-refractivity contribution in [3.8, 4) is 5.75 Å². The molecule has 2 nitrogen and oxygen atoms in total. The van der Waals surface area contributed by atoms with Crippen LogP contribution in [0.2, 0.25) is 0 Å². The summed E-state index contributed by atoms with van der Waals surface area (Å²) in [5.74, 6) is 1.61. The van der Waals surface area contributed by atoms with E-state index in [1.54, 1.807) is 0 Å². The number of aryl methyl sites for hydroxylation is 1. The molecule has 2 heteroatoms. The molecular formula is C15H23NO. The van der Waals surface area contributed by atoms with Crippen molar-refractivity contribution in [2.75, 3.05) is 6.61 Å². The molecule has 2 rings (SSSR count). The molecule has 1 saturated carbocycles. The fourth-order valence-electron chi connectivity index (χ4n) is 2.79. The summed E-state index contributed by atoms with van der Waals surface area (Å²) >= 11 is 0. The molecule has 1 atom stereocenters. The number of hydrogen-bond acceptors (Lipinski definition) is 2. The van der Waals surface area contributed by atoms with Gasteiger partial charge in [0.2, 0.25) is 0 Å². The average Bonchev–Trinajstić information content (AvgIpc) is 2.84. The smallest absolute Gasteiger partial charge is 0.124 e. The van der Waals surface area contributed by atoms with Gasteiger partial charge in [0.1, 0.15) is 5.75 Å². The van der Waals surface area contributed by atoms with Crippen LogP contribution in [0.5, 0.6) is 5.75 Å². The van der Waals surface area contributed by atoms with E-state index in [4.69, 9.17) is 10.5 Å². The van der Waals surface area contributed by atoms with Gasteiger partial charge in [-0.15, -0.1) is 0 Å². The summed E-state index contributed by atoms with van der Waals surface area (Å²) in [7, 11) is 0. The predicted octanol–water partition coefficient (Wildman–Crippen LogP) is 3.58. The summed E-state index contributed by atoms with van der Waals surface area (Å²) in [4.78, 5) is 0. The highest BCUT2D eigenvalue weighted by Gasteiger charge is 2.25. The van der Waals surface area contributed by atoms with Crippen molar-refractivity contribution in [3.05, 3.63) is 29.3 Å². The van der Waals surface area contributed by atoms with Crippen LogP contribution in [-0.2, 0) is 0 Å². The van der Waals surface area contributed by atoms with Gasteiger partial charge in [-0.1, -0.05) is 30.5 Å². The van der Waals surface area contributed by atoms with E-state index < -0.39 is 0 Å². The molecule has 17 heavy (non-hydrogen) atoms. The molecular weight excluding hydrogens is 210 g/mol. The van der Waals surface area contributed by atoms with Gasteiger partial charge in [0.15, 0.2) is 0 Å². The van der Waals surface area contributed by atoms with Crippen LogP contribution in [0.15, 0.2) is 18.2 Å². The Kier molecular flexibility index (Phi) is 4.06. The lowest BCUT2D eigenvalue weighted by Crippen LogP contribution is -2.20. The number of ether oxygens (including phenoxy) is 1. The van der Waals surface area contributed by atoms with Crippen molar-refractivity contribution in [2.45, 2.75) is 45.6 Å². The zero-order valence-electron chi connectivity index (χ0n) is 10.9. The minimum atomic E-state index is 0.138. The Morgan fingerprint density at radius 3 is 2.71 bits per heavy atom. The summed E-state index contributed by atoms with van der Waals surface area (Å²) in [6, 6.07) is 6.48. The minimum Gasteiger partial charge on any atom is -0.494 e. The number of hydrogen-bond donors (Lipinski definition) is 1. The predicted molar refractivity (Wildman–Crippen MR) is 71.2 cm³/mol. The lowest BCUT2D eigenvalue weighted by atomic mass is 9.91. The van der Waals surface area contributed by atoms with Crippen LogP contribution in [0.25, 0.3) is 0 Å². The van der Waals surface area contributed by atoms with Crippen molar-refractivity contribution in [1.29, 1.82) is 0 Å². The van der Waals surface area contributed by atoms with Gasteiger partial charge in [0.05, 0.1) is 6.61 Å². The van der Waals surface area contributed by atoms with Crippen molar-refractivity contribution in [2.24, 2.45) is 11.7 Å². The van der Waals surface area contributed by atoms with Gasteiger partial charge in [-0.2, -0.15) is 0 Å². The van der Waals surface area contributed by atoms with E-state index in [-0.39, 0.29) is 6.04 Å². The van der Waals surface area contributed by atoms with Crippen LogP contribution in [0.4, 0.5) is 0 Å². The normalized spacial score (nSPS) is 18.3. The third-order valence-corrected chi connectivity index (χ3v) is 3.73. The third-order valence-electron chi connectivity index (χ3n) is 3.73. The second-order valence-corrected chi connectivity index (χ2v) is 5.04. The Bertz CT molecular complexity index is 369. The first kappa shape index (κ1) is 12.4. The SMILES string of the molecule is CCOc1ccc(C)cc1C(N)C1CCCC1. The molecule has 0 heterocycles. The maximum Gasteiger partial charge on any atom is 0.124 e. The summed E-state index contributed by atoms with van der Waals surface area (Å²) < 4.78 is 5.69. The molecule has 0 saturated heterocycles. The lowest BCUT2D eigenvalue weighted by Gasteiger charge is -2.22. The van der Waals surface area contributed by atoms with Gasteiger partial charge in [-0.3, -0.25) is 0 Å². The van der Waals surface area contributed by atoms with Crippen LogP contribution in [-0.4, -0.2) is 6.61 Å². The van der Waals surface area contributed by atoms with Crippen LogP contribution in [0.3, 0.4) is 0 Å². The Hall–Kier alpha value is -1.02. The Morgan fingerprint density at radius 2 is 2.06 bits per heavy atom. The van der Waals surface area contributed by atoms with E-state index in [0.717, 1.165) is 5.75 Å². The van der Waals surface area contributed by atoms with E-state index >= 15 is 0 Å². The topological polar surface area (TPSA) is 35.2 Å². The summed E-state index contributed by atoms with van der Waals surface area (Å²) in [6.07, 6.45) is 5.18. The molecule has 0 bridgehead atoms. The quantitative estimate of drug-likeness (QED) is 0.862. The Morgan fingerprint density at radius 1 is 1.35 bits per heavy atom. The van der Waals surface area contributed by atoms with Crippen LogP contribution in [0, 0.1) is 12.8 Å². The highest BCUT2D eigenvalue weighted by atomic mass is 16.5.